The fourth-order valence-electron chi connectivity index (χ4n) is 3.43. The van der Waals surface area contributed by atoms with Gasteiger partial charge in [-0.25, -0.2) is 4.39 Å². The van der Waals surface area contributed by atoms with Crippen LogP contribution in [0.25, 0.3) is 0 Å². The molecule has 2 unspecified atom stereocenters. The van der Waals surface area contributed by atoms with Gasteiger partial charge in [0.1, 0.15) is 36.5 Å². The summed E-state index contributed by atoms with van der Waals surface area (Å²) in [5, 5.41) is 0.200. The molecule has 0 N–H and O–H groups in total. The minimum absolute atomic E-state index is 0.0756. The Bertz CT molecular complexity index is 951. The number of hydrogen-bond acceptors (Lipinski definition) is 4. The van der Waals surface area contributed by atoms with Gasteiger partial charge in [0.15, 0.2) is 0 Å². The quantitative estimate of drug-likeness (QED) is 0.693. The van der Waals surface area contributed by atoms with Crippen molar-refractivity contribution in [1.82, 2.24) is 9.80 Å². The maximum Gasteiger partial charge on any atom is 0.246 e. The molecule has 0 aromatic heterocycles. The number of ether oxygens (including phenoxy) is 2. The van der Waals surface area contributed by atoms with Gasteiger partial charge >= 0.3 is 0 Å². The maximum atomic E-state index is 14.2. The predicted molar refractivity (Wildman–Crippen MR) is 111 cm³/mol. The highest BCUT2D eigenvalue weighted by Crippen LogP contribution is 2.33. The molecule has 2 aromatic rings. The Labute approximate surface area is 180 Å². The number of carbonyl (C=O) groups excluding carboxylic acids is 2. The number of nitrogens with zero attached hydrogens (tertiary/aromatic N) is 2. The van der Waals surface area contributed by atoms with Crippen LogP contribution in [0.15, 0.2) is 36.4 Å². The van der Waals surface area contributed by atoms with Crippen LogP contribution in [0, 0.1) is 5.82 Å². The molecule has 160 valence electrons. The predicted octanol–water partition coefficient (Wildman–Crippen LogP) is 3.82. The van der Waals surface area contributed by atoms with Crippen molar-refractivity contribution in [2.24, 2.45) is 0 Å². The largest absolute Gasteiger partial charge is 0.497 e. The van der Waals surface area contributed by atoms with E-state index in [4.69, 9.17) is 21.1 Å². The maximum absolute atomic E-state index is 14.2. The molecule has 2 atom stereocenters. The molecule has 2 amide bonds. The molecule has 0 spiro atoms. The van der Waals surface area contributed by atoms with Crippen molar-refractivity contribution in [3.05, 3.63) is 58.4 Å². The third kappa shape index (κ3) is 4.36. The highest BCUT2D eigenvalue weighted by atomic mass is 35.5. The van der Waals surface area contributed by atoms with Crippen LogP contribution < -0.4 is 9.47 Å². The van der Waals surface area contributed by atoms with Gasteiger partial charge < -0.3 is 19.3 Å². The minimum Gasteiger partial charge on any atom is -0.497 e. The third-order valence-electron chi connectivity index (χ3n) is 5.48. The van der Waals surface area contributed by atoms with E-state index in [1.807, 2.05) is 0 Å². The number of carbonyl (C=O) groups is 2. The minimum atomic E-state index is -0.586. The van der Waals surface area contributed by atoms with Crippen molar-refractivity contribution in [3.63, 3.8) is 0 Å². The summed E-state index contributed by atoms with van der Waals surface area (Å²) in [6.07, 6.45) is 0. The molecule has 2 aromatic carbocycles. The molecule has 0 bridgehead atoms. The number of halogens is 2. The Kier molecular flexibility index (Phi) is 6.51. The summed E-state index contributed by atoms with van der Waals surface area (Å²) in [5.74, 6) is 0.397. The molecule has 1 saturated heterocycles. The van der Waals surface area contributed by atoms with Gasteiger partial charge in [-0.1, -0.05) is 11.6 Å². The van der Waals surface area contributed by atoms with E-state index in [-0.39, 0.29) is 30.0 Å². The number of rotatable bonds is 6. The highest BCUT2D eigenvalue weighted by Gasteiger charge is 2.37. The second-order valence-electron chi connectivity index (χ2n) is 7.24. The van der Waals surface area contributed by atoms with E-state index >= 15 is 0 Å². The van der Waals surface area contributed by atoms with Gasteiger partial charge in [0.2, 0.25) is 11.8 Å². The van der Waals surface area contributed by atoms with E-state index in [0.717, 1.165) is 0 Å². The number of piperazine rings is 1. The van der Waals surface area contributed by atoms with E-state index in [1.165, 1.54) is 21.9 Å². The molecule has 30 heavy (non-hydrogen) atoms. The van der Waals surface area contributed by atoms with Gasteiger partial charge in [-0.2, -0.15) is 0 Å². The van der Waals surface area contributed by atoms with Gasteiger partial charge in [-0.05, 0) is 55.8 Å². The summed E-state index contributed by atoms with van der Waals surface area (Å²) < 4.78 is 25.1. The highest BCUT2D eigenvalue weighted by molar-refractivity contribution is 6.31. The van der Waals surface area contributed by atoms with Crippen LogP contribution in [0.1, 0.15) is 31.0 Å². The van der Waals surface area contributed by atoms with Crippen LogP contribution in [0.5, 0.6) is 11.5 Å². The third-order valence-corrected chi connectivity index (χ3v) is 5.81. The van der Waals surface area contributed by atoms with Gasteiger partial charge in [-0.15, -0.1) is 0 Å². The van der Waals surface area contributed by atoms with E-state index in [1.54, 1.807) is 52.3 Å². The van der Waals surface area contributed by atoms with Gasteiger partial charge in [0.05, 0.1) is 18.2 Å². The Morgan fingerprint density at radius 2 is 1.83 bits per heavy atom. The molecule has 6 nitrogen and oxygen atoms in total. The Morgan fingerprint density at radius 3 is 2.47 bits per heavy atom. The Hall–Kier alpha value is -2.80. The van der Waals surface area contributed by atoms with Crippen LogP contribution in [0.3, 0.4) is 0 Å². The number of likely N-dealkylation sites (N-methyl/N-ethyl adjacent to an activating group) is 1. The van der Waals surface area contributed by atoms with Crippen LogP contribution in [0.2, 0.25) is 5.02 Å². The van der Waals surface area contributed by atoms with Crippen molar-refractivity contribution < 1.29 is 23.5 Å². The van der Waals surface area contributed by atoms with Crippen molar-refractivity contribution in [2.75, 3.05) is 20.7 Å². The van der Waals surface area contributed by atoms with Gasteiger partial charge in [0, 0.05) is 12.6 Å². The molecule has 8 heteroatoms. The standard InChI is InChI=1S/C22H24ClFN2O4/c1-13(26-11-21(27)25(3)14(2)22(26)28)18-9-15(24)10-20(23)19(18)12-30-17-7-5-16(29-4)6-8-17/h5-10,13-14H,11-12H2,1-4H3. The number of hydrogen-bond donors (Lipinski definition) is 0. The van der Waals surface area contributed by atoms with Crippen molar-refractivity contribution in [2.45, 2.75) is 32.5 Å². The zero-order chi connectivity index (χ0) is 22.0. The SMILES string of the molecule is COc1ccc(OCc2c(Cl)cc(F)cc2C(C)N2CC(=O)N(C)C(C)C2=O)cc1. The van der Waals surface area contributed by atoms with Gasteiger partial charge in [0.25, 0.3) is 0 Å². The van der Waals surface area contributed by atoms with E-state index in [9.17, 15) is 14.0 Å². The fourth-order valence-corrected chi connectivity index (χ4v) is 3.70. The molecular formula is C22H24ClFN2O4. The first-order valence-electron chi connectivity index (χ1n) is 9.53. The molecule has 1 aliphatic rings. The van der Waals surface area contributed by atoms with E-state index < -0.39 is 17.9 Å². The summed E-state index contributed by atoms with van der Waals surface area (Å²) >= 11 is 6.33. The Morgan fingerprint density at radius 1 is 1.20 bits per heavy atom. The van der Waals surface area contributed by atoms with E-state index in [2.05, 4.69) is 0 Å². The fraction of sp³-hybridized carbons (Fsp3) is 0.364. The lowest BCUT2D eigenvalue weighted by Crippen LogP contribution is -2.57. The summed E-state index contributed by atoms with van der Waals surface area (Å²) in [4.78, 5) is 27.9. The first-order chi connectivity index (χ1) is 14.2. The first kappa shape index (κ1) is 21.9. The number of methoxy groups -OCH3 is 1. The van der Waals surface area contributed by atoms with Crippen LogP contribution in [-0.2, 0) is 16.2 Å². The molecule has 0 radical (unpaired) electrons. The molecule has 1 heterocycles. The second kappa shape index (κ2) is 8.92. The zero-order valence-corrected chi connectivity index (χ0v) is 18.1. The molecule has 3 rings (SSSR count). The summed E-state index contributed by atoms with van der Waals surface area (Å²) in [5.41, 5.74) is 1.07. The lowest BCUT2D eigenvalue weighted by Gasteiger charge is -2.40. The molecule has 0 saturated carbocycles. The molecule has 1 fully saturated rings. The average Bonchev–Trinajstić information content (AvgIpc) is 2.73. The monoisotopic (exact) mass is 434 g/mol. The van der Waals surface area contributed by atoms with Crippen LogP contribution >= 0.6 is 11.6 Å². The summed E-state index contributed by atoms with van der Waals surface area (Å²) in [7, 11) is 3.17. The first-order valence-corrected chi connectivity index (χ1v) is 9.91. The normalized spacial score (nSPS) is 17.9. The topological polar surface area (TPSA) is 59.1 Å². The summed E-state index contributed by atoms with van der Waals surface area (Å²) in [6, 6.07) is 8.45. The van der Waals surface area contributed by atoms with E-state index in [0.29, 0.717) is 22.6 Å². The molecule has 0 aliphatic carbocycles. The lowest BCUT2D eigenvalue weighted by atomic mass is 9.98. The summed E-state index contributed by atoms with van der Waals surface area (Å²) in [6.45, 7) is 3.43. The lowest BCUT2D eigenvalue weighted by molar-refractivity contribution is -0.155. The Balaban J connectivity index is 1.88. The second-order valence-corrected chi connectivity index (χ2v) is 7.65. The average molecular weight is 435 g/mol. The smallest absolute Gasteiger partial charge is 0.246 e. The number of benzene rings is 2. The molecular weight excluding hydrogens is 411 g/mol. The number of amides is 2. The van der Waals surface area contributed by atoms with Crippen molar-refractivity contribution in [1.29, 1.82) is 0 Å². The van der Waals surface area contributed by atoms with Crippen molar-refractivity contribution >= 4 is 23.4 Å². The molecule has 1 aliphatic heterocycles. The van der Waals surface area contributed by atoms with Crippen molar-refractivity contribution in [3.8, 4) is 11.5 Å². The van der Waals surface area contributed by atoms with Crippen LogP contribution in [-0.4, -0.2) is 48.4 Å². The zero-order valence-electron chi connectivity index (χ0n) is 17.3. The van der Waals surface area contributed by atoms with Gasteiger partial charge in [-0.3, -0.25) is 9.59 Å². The van der Waals surface area contributed by atoms with Crippen LogP contribution in [0.4, 0.5) is 4.39 Å².